The van der Waals surface area contributed by atoms with E-state index >= 15 is 0 Å². The second-order valence-corrected chi connectivity index (χ2v) is 9.35. The van der Waals surface area contributed by atoms with E-state index in [2.05, 4.69) is 66.9 Å². The monoisotopic (exact) mass is 395 g/mol. The van der Waals surface area contributed by atoms with E-state index in [4.69, 9.17) is 4.98 Å². The van der Waals surface area contributed by atoms with Crippen LogP contribution in [0, 0.1) is 0 Å². The molecule has 2 heterocycles. The van der Waals surface area contributed by atoms with Gasteiger partial charge in [0.25, 0.3) is 0 Å². The maximum absolute atomic E-state index is 4.97. The number of benzene rings is 2. The molecule has 2 aromatic heterocycles. The lowest BCUT2D eigenvalue weighted by Crippen LogP contribution is -1.93. The number of fused-ring (bicyclic) bond motifs is 1. The van der Waals surface area contributed by atoms with Crippen LogP contribution >= 0.6 is 34.4 Å². The summed E-state index contributed by atoms with van der Waals surface area (Å²) in [5.74, 6) is 1.06. The van der Waals surface area contributed by atoms with Crippen LogP contribution in [0.25, 0.3) is 20.5 Å². The van der Waals surface area contributed by atoms with E-state index in [9.17, 15) is 0 Å². The zero-order valence-corrected chi connectivity index (χ0v) is 17.2. The van der Waals surface area contributed by atoms with Gasteiger partial charge in [-0.05, 0) is 42.0 Å². The summed E-state index contributed by atoms with van der Waals surface area (Å²) in [5.41, 5.74) is 2.56. The third-order valence-corrected chi connectivity index (χ3v) is 7.46. The molecule has 26 heavy (non-hydrogen) atoms. The van der Waals surface area contributed by atoms with Crippen molar-refractivity contribution in [3.63, 3.8) is 0 Å². The number of thiazole rings is 1. The van der Waals surface area contributed by atoms with E-state index in [1.165, 1.54) is 36.1 Å². The highest BCUT2D eigenvalue weighted by Crippen LogP contribution is 2.34. The van der Waals surface area contributed by atoms with Gasteiger partial charge in [0, 0.05) is 27.2 Å². The summed E-state index contributed by atoms with van der Waals surface area (Å²) in [7, 11) is 0. The molecule has 4 aromatic rings. The molecule has 0 radical (unpaired) electrons. The molecule has 2 aromatic carbocycles. The molecule has 0 N–H and O–H groups in total. The fourth-order valence-corrected chi connectivity index (χ4v) is 6.17. The molecule has 0 aliphatic heterocycles. The zero-order valence-electron chi connectivity index (χ0n) is 14.8. The topological polar surface area (TPSA) is 12.9 Å². The zero-order chi connectivity index (χ0) is 17.8. The van der Waals surface area contributed by atoms with Gasteiger partial charge in [-0.15, -0.1) is 34.4 Å². The first-order valence-corrected chi connectivity index (χ1v) is 11.7. The lowest BCUT2D eigenvalue weighted by atomic mass is 10.1. The molecule has 0 saturated heterocycles. The van der Waals surface area contributed by atoms with Crippen LogP contribution in [0.4, 0.5) is 0 Å². The highest BCUT2D eigenvalue weighted by atomic mass is 32.2. The van der Waals surface area contributed by atoms with Gasteiger partial charge in [0.1, 0.15) is 0 Å². The van der Waals surface area contributed by atoms with Gasteiger partial charge in [0.15, 0.2) is 0 Å². The lowest BCUT2D eigenvalue weighted by Gasteiger charge is -2.04. The van der Waals surface area contributed by atoms with E-state index in [0.29, 0.717) is 0 Å². The number of thioether (sulfide) groups is 1. The Morgan fingerprint density at radius 2 is 1.85 bits per heavy atom. The molecule has 4 heteroatoms. The van der Waals surface area contributed by atoms with Gasteiger partial charge in [-0.25, -0.2) is 4.98 Å². The third-order valence-electron chi connectivity index (χ3n) is 4.29. The molecule has 0 aliphatic rings. The number of aryl methyl sites for hydroxylation is 2. The molecule has 0 aliphatic carbocycles. The first-order chi connectivity index (χ1) is 12.8. The van der Waals surface area contributed by atoms with Gasteiger partial charge in [-0.3, -0.25) is 0 Å². The molecule has 1 nitrogen and oxygen atoms in total. The van der Waals surface area contributed by atoms with Crippen molar-refractivity contribution in [3.05, 3.63) is 70.7 Å². The van der Waals surface area contributed by atoms with Crippen LogP contribution in [-0.2, 0) is 12.8 Å². The Labute approximate surface area is 167 Å². The van der Waals surface area contributed by atoms with E-state index in [1.54, 1.807) is 0 Å². The van der Waals surface area contributed by atoms with Crippen molar-refractivity contribution in [1.82, 2.24) is 4.98 Å². The Bertz CT molecular complexity index is 985. The smallest absolute Gasteiger partial charge is 0.0934 e. The van der Waals surface area contributed by atoms with Crippen LogP contribution in [0.3, 0.4) is 0 Å². The first-order valence-electron chi connectivity index (χ1n) is 8.98. The summed E-state index contributed by atoms with van der Waals surface area (Å²) < 4.78 is 1.37. The van der Waals surface area contributed by atoms with Gasteiger partial charge < -0.3 is 0 Å². The molecule has 4 rings (SSSR count). The molecule has 0 spiro atoms. The molecule has 0 bridgehead atoms. The highest BCUT2D eigenvalue weighted by molar-refractivity contribution is 7.99. The fraction of sp³-hybridized carbons (Fsp3) is 0.227. The van der Waals surface area contributed by atoms with Crippen molar-refractivity contribution in [3.8, 4) is 10.4 Å². The Morgan fingerprint density at radius 1 is 0.962 bits per heavy atom. The van der Waals surface area contributed by atoms with Crippen molar-refractivity contribution < 1.29 is 0 Å². The largest absolute Gasteiger partial charge is 0.246 e. The van der Waals surface area contributed by atoms with Crippen molar-refractivity contribution in [2.45, 2.75) is 31.1 Å². The maximum atomic E-state index is 4.97. The predicted molar refractivity (Wildman–Crippen MR) is 118 cm³/mol. The standard InChI is InChI=1S/C22H21NS3/c1-2-7-21-23-18(22(26-21)16-8-4-3-5-9-16)13-15-25-20-11-6-10-19-17(20)12-14-24-19/h3-6,8-12,14H,2,7,13,15H2,1H3. The second kappa shape index (κ2) is 8.38. The van der Waals surface area contributed by atoms with Crippen LogP contribution < -0.4 is 0 Å². The minimum Gasteiger partial charge on any atom is -0.246 e. The van der Waals surface area contributed by atoms with Gasteiger partial charge in [0.05, 0.1) is 15.6 Å². The third kappa shape index (κ3) is 3.88. The minimum atomic E-state index is 1.01. The van der Waals surface area contributed by atoms with Gasteiger partial charge >= 0.3 is 0 Å². The van der Waals surface area contributed by atoms with Crippen LogP contribution in [0.15, 0.2) is 64.9 Å². The Balaban J connectivity index is 1.53. The van der Waals surface area contributed by atoms with Gasteiger partial charge in [-0.1, -0.05) is 43.3 Å². The summed E-state index contributed by atoms with van der Waals surface area (Å²) in [6.07, 6.45) is 3.23. The van der Waals surface area contributed by atoms with E-state index in [-0.39, 0.29) is 0 Å². The minimum absolute atomic E-state index is 1.01. The summed E-state index contributed by atoms with van der Waals surface area (Å²) in [5, 5.41) is 4.83. The molecular formula is C22H21NS3. The molecule has 132 valence electrons. The van der Waals surface area contributed by atoms with Crippen LogP contribution in [-0.4, -0.2) is 10.7 Å². The van der Waals surface area contributed by atoms with Gasteiger partial charge in [-0.2, -0.15) is 0 Å². The highest BCUT2D eigenvalue weighted by Gasteiger charge is 2.13. The number of hydrogen-bond donors (Lipinski definition) is 0. The van der Waals surface area contributed by atoms with Crippen LogP contribution in [0.5, 0.6) is 0 Å². The van der Waals surface area contributed by atoms with Gasteiger partial charge in [0.2, 0.25) is 0 Å². The van der Waals surface area contributed by atoms with Crippen molar-refractivity contribution in [1.29, 1.82) is 0 Å². The molecular weight excluding hydrogens is 374 g/mol. The number of nitrogens with zero attached hydrogens (tertiary/aromatic N) is 1. The second-order valence-electron chi connectivity index (χ2n) is 6.19. The first kappa shape index (κ1) is 17.8. The molecule has 0 fully saturated rings. The van der Waals surface area contributed by atoms with E-state index in [0.717, 1.165) is 25.0 Å². The Kier molecular flexibility index (Phi) is 5.73. The number of thiophene rings is 1. The summed E-state index contributed by atoms with van der Waals surface area (Å²) in [6.45, 7) is 2.22. The molecule has 0 saturated carbocycles. The van der Waals surface area contributed by atoms with Crippen molar-refractivity contribution in [2.75, 3.05) is 5.75 Å². The average Bonchev–Trinajstić information content (AvgIpc) is 3.30. The number of rotatable bonds is 7. The summed E-state index contributed by atoms with van der Waals surface area (Å²) >= 11 is 5.63. The Morgan fingerprint density at radius 3 is 2.69 bits per heavy atom. The SMILES string of the molecule is CCCc1nc(CCSc2cccc3sccc23)c(-c2ccccc2)s1. The average molecular weight is 396 g/mol. The lowest BCUT2D eigenvalue weighted by molar-refractivity contribution is 0.895. The van der Waals surface area contributed by atoms with E-state index in [1.807, 2.05) is 34.4 Å². The summed E-state index contributed by atoms with van der Waals surface area (Å²) in [6, 6.07) is 19.6. The summed E-state index contributed by atoms with van der Waals surface area (Å²) in [4.78, 5) is 7.70. The molecule has 0 atom stereocenters. The van der Waals surface area contributed by atoms with E-state index < -0.39 is 0 Å². The number of aromatic nitrogens is 1. The molecule has 0 amide bonds. The van der Waals surface area contributed by atoms with Crippen LogP contribution in [0.1, 0.15) is 24.0 Å². The van der Waals surface area contributed by atoms with Crippen LogP contribution in [0.2, 0.25) is 0 Å². The quantitative estimate of drug-likeness (QED) is 0.304. The van der Waals surface area contributed by atoms with Crippen molar-refractivity contribution >= 4 is 44.5 Å². The number of hydrogen-bond acceptors (Lipinski definition) is 4. The molecule has 0 unspecified atom stereocenters. The predicted octanol–water partition coefficient (Wildman–Crippen LogP) is 7.31. The van der Waals surface area contributed by atoms with Crippen molar-refractivity contribution in [2.24, 2.45) is 0 Å². The maximum Gasteiger partial charge on any atom is 0.0934 e. The Hall–Kier alpha value is -1.62. The fourth-order valence-electron chi connectivity index (χ4n) is 3.06. The normalized spacial score (nSPS) is 11.3.